The lowest BCUT2D eigenvalue weighted by Gasteiger charge is -2.26. The summed E-state index contributed by atoms with van der Waals surface area (Å²) in [6.07, 6.45) is 4.17. The van der Waals surface area contributed by atoms with E-state index in [2.05, 4.69) is 35.9 Å². The third-order valence-electron chi connectivity index (χ3n) is 5.82. The van der Waals surface area contributed by atoms with Gasteiger partial charge < -0.3 is 54.7 Å². The zero-order valence-corrected chi connectivity index (χ0v) is 23.5. The second-order valence-corrected chi connectivity index (χ2v) is 9.94. The highest BCUT2D eigenvalue weighted by molar-refractivity contribution is 5.94. The van der Waals surface area contributed by atoms with Gasteiger partial charge in [0.2, 0.25) is 17.7 Å². The standard InChI is InChI=1S/C24H44N12O5/c1-13(2)9-17(35-19(37)15(25)5-3-7-31-23(26)27)21(39)34-16(6-4-8-32-24(28)29)20(38)36-18(22(40)41)10-14-11-30-12-33-14/h11-13,15-18H,3-10,25H2,1-2H3,(H,30,33)(H,34,39)(H,35,37)(H,36,38)(H,40,41)(H4,26,27,31)(H4,28,29,32). The Morgan fingerprint density at radius 3 is 1.93 bits per heavy atom. The van der Waals surface area contributed by atoms with E-state index in [9.17, 15) is 24.3 Å². The fraction of sp³-hybridized carbons (Fsp3) is 0.625. The highest BCUT2D eigenvalue weighted by atomic mass is 16.4. The molecule has 0 fully saturated rings. The number of carboxylic acid groups (broad SMARTS) is 1. The first-order valence-electron chi connectivity index (χ1n) is 13.3. The number of imidazole rings is 1. The van der Waals surface area contributed by atoms with E-state index in [1.165, 1.54) is 12.5 Å². The molecule has 230 valence electrons. The minimum atomic E-state index is -1.29. The maximum Gasteiger partial charge on any atom is 0.326 e. The van der Waals surface area contributed by atoms with Gasteiger partial charge in [0.25, 0.3) is 0 Å². The Morgan fingerprint density at radius 1 is 0.878 bits per heavy atom. The summed E-state index contributed by atoms with van der Waals surface area (Å²) in [4.78, 5) is 65.4. The molecule has 0 aliphatic heterocycles. The Morgan fingerprint density at radius 2 is 1.41 bits per heavy atom. The number of aliphatic carboxylic acids is 1. The van der Waals surface area contributed by atoms with E-state index in [-0.39, 0.29) is 50.1 Å². The summed E-state index contributed by atoms with van der Waals surface area (Å²) in [7, 11) is 0. The van der Waals surface area contributed by atoms with Crippen molar-refractivity contribution in [1.82, 2.24) is 25.9 Å². The number of carbonyl (C=O) groups excluding carboxylic acids is 3. The first-order chi connectivity index (χ1) is 19.3. The lowest BCUT2D eigenvalue weighted by Crippen LogP contribution is -2.57. The van der Waals surface area contributed by atoms with Crippen LogP contribution in [0.1, 0.15) is 51.6 Å². The summed E-state index contributed by atoms with van der Waals surface area (Å²) < 4.78 is 0. The number of carbonyl (C=O) groups is 4. The number of nitrogens with zero attached hydrogens (tertiary/aromatic N) is 3. The molecule has 17 heteroatoms. The fourth-order valence-corrected chi connectivity index (χ4v) is 3.77. The quantitative estimate of drug-likeness (QED) is 0.0445. The molecule has 1 aromatic rings. The van der Waals surface area contributed by atoms with Gasteiger partial charge in [-0.15, -0.1) is 0 Å². The van der Waals surface area contributed by atoms with Crippen LogP contribution in [0.2, 0.25) is 0 Å². The average molecular weight is 581 g/mol. The Hall–Kier alpha value is -4.41. The van der Waals surface area contributed by atoms with Gasteiger partial charge in [-0.2, -0.15) is 0 Å². The summed E-state index contributed by atoms with van der Waals surface area (Å²) >= 11 is 0. The topological polar surface area (TPSA) is 308 Å². The molecule has 1 aromatic heterocycles. The Labute approximate surface area is 238 Å². The van der Waals surface area contributed by atoms with E-state index < -0.39 is 47.9 Å². The molecule has 0 spiro atoms. The molecular formula is C24H44N12O5. The average Bonchev–Trinajstić information content (AvgIpc) is 3.39. The number of hydrogen-bond acceptors (Lipinski definition) is 8. The molecule has 4 atom stereocenters. The van der Waals surface area contributed by atoms with E-state index in [0.29, 0.717) is 25.1 Å². The van der Waals surface area contributed by atoms with Gasteiger partial charge in [-0.1, -0.05) is 13.8 Å². The van der Waals surface area contributed by atoms with Crippen molar-refractivity contribution in [1.29, 1.82) is 0 Å². The van der Waals surface area contributed by atoms with Gasteiger partial charge in [-0.3, -0.25) is 24.4 Å². The zero-order valence-electron chi connectivity index (χ0n) is 23.5. The first kappa shape index (κ1) is 34.6. The second kappa shape index (κ2) is 18.0. The van der Waals surface area contributed by atoms with Gasteiger partial charge in [-0.05, 0) is 38.0 Å². The molecule has 0 saturated heterocycles. The SMILES string of the molecule is CC(C)CC(NC(=O)C(N)CCCN=C(N)N)C(=O)NC(CCCN=C(N)N)C(=O)NC(Cc1cnc[nH]1)C(=O)O. The second-order valence-electron chi connectivity index (χ2n) is 9.94. The van der Waals surface area contributed by atoms with E-state index in [1.54, 1.807) is 0 Å². The third-order valence-corrected chi connectivity index (χ3v) is 5.82. The smallest absolute Gasteiger partial charge is 0.326 e. The number of aromatic nitrogens is 2. The monoisotopic (exact) mass is 580 g/mol. The minimum absolute atomic E-state index is 0.00378. The van der Waals surface area contributed by atoms with Crippen LogP contribution < -0.4 is 44.6 Å². The number of hydrogen-bond donors (Lipinski definition) is 10. The van der Waals surface area contributed by atoms with Crippen molar-refractivity contribution in [3.05, 3.63) is 18.2 Å². The fourth-order valence-electron chi connectivity index (χ4n) is 3.77. The van der Waals surface area contributed by atoms with E-state index in [4.69, 9.17) is 28.7 Å². The summed E-state index contributed by atoms with van der Waals surface area (Å²) in [6, 6.07) is -4.34. The Kier molecular flexibility index (Phi) is 15.2. The Bertz CT molecular complexity index is 1040. The van der Waals surface area contributed by atoms with Crippen LogP contribution in [0.15, 0.2) is 22.5 Å². The summed E-state index contributed by atoms with van der Waals surface area (Å²) in [6.45, 7) is 4.22. The minimum Gasteiger partial charge on any atom is -0.480 e. The number of guanidine groups is 2. The van der Waals surface area contributed by atoms with Gasteiger partial charge in [0.05, 0.1) is 12.4 Å². The van der Waals surface area contributed by atoms with Gasteiger partial charge in [-0.25, -0.2) is 9.78 Å². The van der Waals surface area contributed by atoms with Crippen LogP contribution in [0.3, 0.4) is 0 Å². The van der Waals surface area contributed by atoms with Crippen molar-refractivity contribution in [3.63, 3.8) is 0 Å². The first-order valence-corrected chi connectivity index (χ1v) is 13.3. The predicted molar refractivity (Wildman–Crippen MR) is 153 cm³/mol. The predicted octanol–water partition coefficient (Wildman–Crippen LogP) is -3.03. The summed E-state index contributed by atoms with van der Waals surface area (Å²) in [5, 5.41) is 17.4. The molecule has 4 unspecified atom stereocenters. The van der Waals surface area contributed by atoms with Gasteiger partial charge in [0, 0.05) is 31.4 Å². The van der Waals surface area contributed by atoms with Crippen LogP contribution in [0, 0.1) is 5.92 Å². The number of aliphatic imine (C=N–C) groups is 2. The molecule has 41 heavy (non-hydrogen) atoms. The van der Waals surface area contributed by atoms with Crippen LogP contribution in [-0.2, 0) is 25.6 Å². The van der Waals surface area contributed by atoms with Crippen LogP contribution >= 0.6 is 0 Å². The van der Waals surface area contributed by atoms with Crippen molar-refractivity contribution in [2.75, 3.05) is 13.1 Å². The van der Waals surface area contributed by atoms with E-state index in [1.807, 2.05) is 13.8 Å². The Balaban J connectivity index is 2.99. The lowest BCUT2D eigenvalue weighted by molar-refractivity contribution is -0.142. The normalized spacial score (nSPS) is 13.8. The molecule has 1 heterocycles. The highest BCUT2D eigenvalue weighted by Gasteiger charge is 2.30. The van der Waals surface area contributed by atoms with Crippen molar-refractivity contribution in [2.24, 2.45) is 44.6 Å². The van der Waals surface area contributed by atoms with E-state index in [0.717, 1.165) is 0 Å². The van der Waals surface area contributed by atoms with Gasteiger partial charge in [0.1, 0.15) is 18.1 Å². The van der Waals surface area contributed by atoms with E-state index >= 15 is 0 Å². The summed E-state index contributed by atoms with van der Waals surface area (Å²) in [5.74, 6) is -3.35. The van der Waals surface area contributed by atoms with Gasteiger partial charge in [0.15, 0.2) is 11.9 Å². The molecule has 0 bridgehead atoms. The zero-order chi connectivity index (χ0) is 30.9. The molecular weight excluding hydrogens is 536 g/mol. The lowest BCUT2D eigenvalue weighted by atomic mass is 10.0. The third kappa shape index (κ3) is 14.5. The molecule has 1 rings (SSSR count). The largest absolute Gasteiger partial charge is 0.480 e. The van der Waals surface area contributed by atoms with Crippen molar-refractivity contribution < 1.29 is 24.3 Å². The van der Waals surface area contributed by atoms with Crippen LogP contribution in [0.5, 0.6) is 0 Å². The molecule has 15 N–H and O–H groups in total. The molecule has 0 radical (unpaired) electrons. The molecule has 0 aromatic carbocycles. The maximum absolute atomic E-state index is 13.3. The van der Waals surface area contributed by atoms with Crippen LogP contribution in [-0.4, -0.2) is 87.9 Å². The molecule has 0 aliphatic carbocycles. The number of nitrogens with one attached hydrogen (secondary N) is 4. The molecule has 17 nitrogen and oxygen atoms in total. The highest BCUT2D eigenvalue weighted by Crippen LogP contribution is 2.09. The number of nitrogens with two attached hydrogens (primary N) is 5. The van der Waals surface area contributed by atoms with Crippen LogP contribution in [0.4, 0.5) is 0 Å². The van der Waals surface area contributed by atoms with Crippen molar-refractivity contribution >= 4 is 35.6 Å². The number of amides is 3. The van der Waals surface area contributed by atoms with Crippen molar-refractivity contribution in [3.8, 4) is 0 Å². The molecule has 3 amide bonds. The number of aromatic amines is 1. The number of carboxylic acids is 1. The molecule has 0 aliphatic rings. The summed E-state index contributed by atoms with van der Waals surface area (Å²) in [5.41, 5.74) is 27.8. The van der Waals surface area contributed by atoms with Crippen LogP contribution in [0.25, 0.3) is 0 Å². The number of rotatable bonds is 19. The number of H-pyrrole nitrogens is 1. The van der Waals surface area contributed by atoms with Gasteiger partial charge >= 0.3 is 5.97 Å². The van der Waals surface area contributed by atoms with Crippen molar-refractivity contribution in [2.45, 2.75) is 76.5 Å². The molecule has 0 saturated carbocycles. The maximum atomic E-state index is 13.3.